The van der Waals surface area contributed by atoms with Crippen LogP contribution < -0.4 is 4.74 Å². The molecule has 4 aromatic rings. The van der Waals surface area contributed by atoms with Gasteiger partial charge in [-0.1, -0.05) is 11.6 Å². The number of halogens is 1. The average Bonchev–Trinajstić information content (AvgIpc) is 3.40. The summed E-state index contributed by atoms with van der Waals surface area (Å²) in [5, 5.41) is 16.6. The normalized spacial score (nSPS) is 12.3. The summed E-state index contributed by atoms with van der Waals surface area (Å²) in [6, 6.07) is 3.93. The minimum Gasteiger partial charge on any atom is -0.480 e. The van der Waals surface area contributed by atoms with Crippen molar-refractivity contribution in [2.24, 2.45) is 7.05 Å². The molecule has 0 bridgehead atoms. The number of hydrogen-bond acceptors (Lipinski definition) is 6. The number of rotatable bonds is 4. The minimum atomic E-state index is -0.422. The molecule has 0 radical (unpaired) electrons. The summed E-state index contributed by atoms with van der Waals surface area (Å²) in [6.45, 7) is 1.75. The van der Waals surface area contributed by atoms with Gasteiger partial charge in [0.1, 0.15) is 27.8 Å². The van der Waals surface area contributed by atoms with Gasteiger partial charge in [-0.25, -0.2) is 15.0 Å². The Bertz CT molecular complexity index is 1170. The van der Waals surface area contributed by atoms with Crippen LogP contribution in [0.25, 0.3) is 28.2 Å². The molecule has 9 nitrogen and oxygen atoms in total. The second kappa shape index (κ2) is 6.41. The van der Waals surface area contributed by atoms with Crippen LogP contribution in [0.15, 0.2) is 24.8 Å². The fraction of sp³-hybridized carbons (Fsp3) is 0.235. The van der Waals surface area contributed by atoms with E-state index in [1.165, 1.54) is 7.11 Å². The second-order valence-corrected chi connectivity index (χ2v) is 6.37. The van der Waals surface area contributed by atoms with E-state index >= 15 is 0 Å². The number of nitrogens with one attached hydrogen (secondary N) is 1. The highest BCUT2D eigenvalue weighted by molar-refractivity contribution is 6.32. The van der Waals surface area contributed by atoms with E-state index in [0.717, 1.165) is 16.9 Å². The monoisotopic (exact) mass is 382 g/mol. The maximum atomic E-state index is 9.13. The molecular formula is C17H15ClN8O. The van der Waals surface area contributed by atoms with Crippen LogP contribution in [-0.2, 0) is 7.05 Å². The smallest absolute Gasteiger partial charge is 0.233 e. The zero-order chi connectivity index (χ0) is 19.1. The topological polar surface area (TPSA) is 110 Å². The van der Waals surface area contributed by atoms with Crippen molar-refractivity contribution < 1.29 is 4.74 Å². The predicted molar refractivity (Wildman–Crippen MR) is 98.8 cm³/mol. The van der Waals surface area contributed by atoms with Crippen molar-refractivity contribution in [1.29, 1.82) is 5.26 Å². The lowest BCUT2D eigenvalue weighted by molar-refractivity contribution is 0.400. The van der Waals surface area contributed by atoms with Crippen molar-refractivity contribution in [2.75, 3.05) is 7.11 Å². The average molecular weight is 383 g/mol. The lowest BCUT2D eigenvalue weighted by Gasteiger charge is -2.05. The van der Waals surface area contributed by atoms with Crippen molar-refractivity contribution in [3.8, 4) is 29.2 Å². The second-order valence-electron chi connectivity index (χ2n) is 5.97. The molecule has 0 amide bonds. The number of aryl methyl sites for hydroxylation is 1. The molecule has 4 aromatic heterocycles. The Morgan fingerprint density at radius 1 is 1.37 bits per heavy atom. The van der Waals surface area contributed by atoms with E-state index in [0.29, 0.717) is 28.1 Å². The molecule has 10 heteroatoms. The fourth-order valence-electron chi connectivity index (χ4n) is 2.97. The number of nitriles is 1. The van der Waals surface area contributed by atoms with Crippen LogP contribution in [0.1, 0.15) is 18.7 Å². The first-order chi connectivity index (χ1) is 13.0. The molecule has 0 aliphatic heterocycles. The van der Waals surface area contributed by atoms with E-state index in [1.807, 2.05) is 22.4 Å². The Morgan fingerprint density at radius 3 is 2.85 bits per heavy atom. The third-order valence-electron chi connectivity index (χ3n) is 4.33. The third kappa shape index (κ3) is 2.62. The van der Waals surface area contributed by atoms with Gasteiger partial charge in [-0.15, -0.1) is 0 Å². The predicted octanol–water partition coefficient (Wildman–Crippen LogP) is 2.83. The van der Waals surface area contributed by atoms with Gasteiger partial charge in [0.15, 0.2) is 11.6 Å². The highest BCUT2D eigenvalue weighted by Gasteiger charge is 2.24. The molecule has 0 saturated carbocycles. The van der Waals surface area contributed by atoms with Gasteiger partial charge >= 0.3 is 0 Å². The van der Waals surface area contributed by atoms with Gasteiger partial charge in [0, 0.05) is 19.4 Å². The number of H-pyrrole nitrogens is 1. The van der Waals surface area contributed by atoms with E-state index in [4.69, 9.17) is 21.6 Å². The maximum absolute atomic E-state index is 9.13. The molecule has 1 N–H and O–H groups in total. The van der Waals surface area contributed by atoms with Crippen LogP contribution in [0.2, 0.25) is 5.02 Å². The van der Waals surface area contributed by atoms with Gasteiger partial charge in [0.2, 0.25) is 5.88 Å². The van der Waals surface area contributed by atoms with Gasteiger partial charge in [0.05, 0.1) is 25.0 Å². The molecule has 4 heterocycles. The standard InChI is InChI=1S/C17H15ClN8O/c1-9(7-19)15-22-16(24-23-15)14-13(26-5-4-20-8-26)12-11(25(14)2)6-10(18)17(21-12)27-3/h4-6,8-9H,1-3H3,(H,22,23,24)/t9-/m1/s1. The number of ether oxygens (including phenoxy) is 1. The lowest BCUT2D eigenvalue weighted by Crippen LogP contribution is -1.98. The van der Waals surface area contributed by atoms with E-state index in [1.54, 1.807) is 25.5 Å². The fourth-order valence-corrected chi connectivity index (χ4v) is 3.19. The molecular weight excluding hydrogens is 368 g/mol. The number of pyridine rings is 1. The SMILES string of the molecule is COc1nc2c(-n3ccnc3)c(-c3nc([C@H](C)C#N)n[nH]3)n(C)c2cc1Cl. The van der Waals surface area contributed by atoms with Crippen molar-refractivity contribution in [3.63, 3.8) is 0 Å². The molecule has 0 spiro atoms. The van der Waals surface area contributed by atoms with Crippen LogP contribution in [0, 0.1) is 11.3 Å². The number of nitrogens with zero attached hydrogens (tertiary/aromatic N) is 7. The van der Waals surface area contributed by atoms with Crippen LogP contribution in [-0.4, -0.2) is 41.4 Å². The summed E-state index contributed by atoms with van der Waals surface area (Å²) in [5.41, 5.74) is 2.97. The molecule has 1 atom stereocenters. The molecule has 0 unspecified atom stereocenters. The molecule has 0 aliphatic rings. The Hall–Kier alpha value is -3.38. The summed E-state index contributed by atoms with van der Waals surface area (Å²) in [4.78, 5) is 13.2. The molecule has 27 heavy (non-hydrogen) atoms. The number of aromatic amines is 1. The van der Waals surface area contributed by atoms with Crippen LogP contribution >= 0.6 is 11.6 Å². The van der Waals surface area contributed by atoms with E-state index in [9.17, 15) is 0 Å². The number of aromatic nitrogens is 7. The van der Waals surface area contributed by atoms with E-state index in [-0.39, 0.29) is 0 Å². The lowest BCUT2D eigenvalue weighted by atomic mass is 10.2. The Morgan fingerprint density at radius 2 is 2.19 bits per heavy atom. The highest BCUT2D eigenvalue weighted by atomic mass is 35.5. The van der Waals surface area contributed by atoms with E-state index in [2.05, 4.69) is 31.2 Å². The van der Waals surface area contributed by atoms with E-state index < -0.39 is 5.92 Å². The molecule has 0 aliphatic carbocycles. The summed E-state index contributed by atoms with van der Waals surface area (Å²) in [6.07, 6.45) is 5.17. The Kier molecular flexibility index (Phi) is 4.05. The largest absolute Gasteiger partial charge is 0.480 e. The number of imidazole rings is 1. The minimum absolute atomic E-state index is 0.332. The Labute approximate surface area is 159 Å². The van der Waals surface area contributed by atoms with Gasteiger partial charge in [-0.3, -0.25) is 5.10 Å². The summed E-state index contributed by atoms with van der Waals surface area (Å²) < 4.78 is 9.04. The van der Waals surface area contributed by atoms with Gasteiger partial charge in [0.25, 0.3) is 0 Å². The summed E-state index contributed by atoms with van der Waals surface area (Å²) in [7, 11) is 3.41. The van der Waals surface area contributed by atoms with Crippen molar-refractivity contribution in [1.82, 2.24) is 34.3 Å². The Balaban J connectivity index is 2.05. The number of methoxy groups -OCH3 is 1. The van der Waals surface area contributed by atoms with Crippen LogP contribution in [0.5, 0.6) is 5.88 Å². The van der Waals surface area contributed by atoms with Gasteiger partial charge in [-0.2, -0.15) is 10.4 Å². The van der Waals surface area contributed by atoms with Crippen LogP contribution in [0.4, 0.5) is 0 Å². The van der Waals surface area contributed by atoms with Crippen molar-refractivity contribution >= 4 is 22.6 Å². The third-order valence-corrected chi connectivity index (χ3v) is 4.60. The molecule has 136 valence electrons. The highest BCUT2D eigenvalue weighted by Crippen LogP contribution is 2.37. The number of fused-ring (bicyclic) bond motifs is 1. The number of hydrogen-bond donors (Lipinski definition) is 1. The first-order valence-electron chi connectivity index (χ1n) is 8.08. The molecule has 0 fully saturated rings. The van der Waals surface area contributed by atoms with Gasteiger partial charge in [-0.05, 0) is 13.0 Å². The molecule has 0 aromatic carbocycles. The summed E-state index contributed by atoms with van der Waals surface area (Å²) >= 11 is 6.28. The molecule has 4 rings (SSSR count). The van der Waals surface area contributed by atoms with Crippen molar-refractivity contribution in [3.05, 3.63) is 35.6 Å². The first kappa shape index (κ1) is 17.1. The first-order valence-corrected chi connectivity index (χ1v) is 8.46. The van der Waals surface area contributed by atoms with Crippen molar-refractivity contribution in [2.45, 2.75) is 12.8 Å². The summed E-state index contributed by atoms with van der Waals surface area (Å²) in [5.74, 6) is 0.859. The quantitative estimate of drug-likeness (QED) is 0.581. The zero-order valence-corrected chi connectivity index (χ0v) is 15.6. The maximum Gasteiger partial charge on any atom is 0.233 e. The van der Waals surface area contributed by atoms with Gasteiger partial charge < -0.3 is 13.9 Å². The molecule has 0 saturated heterocycles. The van der Waals surface area contributed by atoms with Crippen LogP contribution in [0.3, 0.4) is 0 Å². The zero-order valence-electron chi connectivity index (χ0n) is 14.8.